The van der Waals surface area contributed by atoms with Crippen LogP contribution in [-0.4, -0.2) is 12.6 Å². The van der Waals surface area contributed by atoms with E-state index in [2.05, 4.69) is 0 Å². The van der Waals surface area contributed by atoms with Crippen molar-refractivity contribution < 1.29 is 14.3 Å². The monoisotopic (exact) mass is 284 g/mol. The molecule has 0 spiro atoms. The maximum Gasteiger partial charge on any atom is 0.342 e. The molecule has 0 aliphatic rings. The Morgan fingerprint density at radius 2 is 1.71 bits per heavy atom. The molecule has 0 amide bonds. The van der Waals surface area contributed by atoms with Crippen molar-refractivity contribution in [3.8, 4) is 11.5 Å². The van der Waals surface area contributed by atoms with Gasteiger partial charge in [-0.15, -0.1) is 0 Å². The zero-order valence-electron chi connectivity index (χ0n) is 12.9. The molecule has 0 fully saturated rings. The van der Waals surface area contributed by atoms with Crippen LogP contribution in [0.4, 0.5) is 0 Å². The van der Waals surface area contributed by atoms with Gasteiger partial charge in [0.1, 0.15) is 17.1 Å². The van der Waals surface area contributed by atoms with Crippen LogP contribution in [0, 0.1) is 20.8 Å². The minimum atomic E-state index is -0.343. The van der Waals surface area contributed by atoms with Crippen molar-refractivity contribution in [3.05, 3.63) is 58.7 Å². The zero-order valence-corrected chi connectivity index (χ0v) is 12.9. The summed E-state index contributed by atoms with van der Waals surface area (Å²) in [5.74, 6) is 0.898. The van der Waals surface area contributed by atoms with Gasteiger partial charge in [0.15, 0.2) is 0 Å². The van der Waals surface area contributed by atoms with E-state index in [0.717, 1.165) is 16.7 Å². The molecule has 2 aromatic carbocycles. The summed E-state index contributed by atoms with van der Waals surface area (Å²) < 4.78 is 11.1. The molecule has 0 saturated carbocycles. The molecule has 2 rings (SSSR count). The first-order valence-corrected chi connectivity index (χ1v) is 7.05. The number of hydrogen-bond acceptors (Lipinski definition) is 3. The first-order valence-electron chi connectivity index (χ1n) is 7.05. The van der Waals surface area contributed by atoms with Crippen molar-refractivity contribution in [1.29, 1.82) is 0 Å². The normalized spacial score (nSPS) is 10.3. The highest BCUT2D eigenvalue weighted by Gasteiger charge is 2.20. The second-order valence-corrected chi connectivity index (χ2v) is 4.95. The molecule has 0 aromatic heterocycles. The van der Waals surface area contributed by atoms with Crippen molar-refractivity contribution in [3.63, 3.8) is 0 Å². The lowest BCUT2D eigenvalue weighted by Gasteiger charge is -2.16. The predicted octanol–water partition coefficient (Wildman–Crippen LogP) is 4.58. The highest BCUT2D eigenvalue weighted by Crippen LogP contribution is 2.32. The van der Waals surface area contributed by atoms with E-state index in [9.17, 15) is 4.79 Å². The molecule has 3 nitrogen and oxygen atoms in total. The number of esters is 1. The zero-order chi connectivity index (χ0) is 15.4. The molecule has 2 aromatic rings. The van der Waals surface area contributed by atoms with Crippen molar-refractivity contribution >= 4 is 5.97 Å². The Bertz CT molecular complexity index is 645. The van der Waals surface area contributed by atoms with E-state index in [1.54, 1.807) is 6.92 Å². The summed E-state index contributed by atoms with van der Waals surface area (Å²) in [5.41, 5.74) is 3.58. The molecule has 0 heterocycles. The fraction of sp³-hybridized carbons (Fsp3) is 0.278. The lowest BCUT2D eigenvalue weighted by molar-refractivity contribution is 0.0522. The predicted molar refractivity (Wildman–Crippen MR) is 83.1 cm³/mol. The van der Waals surface area contributed by atoms with Gasteiger partial charge in [-0.25, -0.2) is 4.79 Å². The molecule has 110 valence electrons. The van der Waals surface area contributed by atoms with E-state index in [1.807, 2.05) is 57.2 Å². The summed E-state index contributed by atoms with van der Waals surface area (Å²) in [5, 5.41) is 0. The second-order valence-electron chi connectivity index (χ2n) is 4.95. The molecule has 0 unspecified atom stereocenters. The first-order chi connectivity index (χ1) is 10.0. The van der Waals surface area contributed by atoms with Crippen LogP contribution < -0.4 is 4.74 Å². The number of para-hydroxylation sites is 1. The van der Waals surface area contributed by atoms with Crippen LogP contribution in [0.15, 0.2) is 36.4 Å². The highest BCUT2D eigenvalue weighted by atomic mass is 16.5. The van der Waals surface area contributed by atoms with Gasteiger partial charge in [-0.1, -0.05) is 18.2 Å². The Hall–Kier alpha value is -2.29. The molecule has 0 N–H and O–H groups in total. The number of benzene rings is 2. The molecule has 0 atom stereocenters. The van der Waals surface area contributed by atoms with Gasteiger partial charge in [-0.05, 0) is 62.6 Å². The van der Waals surface area contributed by atoms with Crippen LogP contribution in [0.25, 0.3) is 0 Å². The number of aryl methyl sites for hydroxylation is 1. The largest absolute Gasteiger partial charge is 0.462 e. The summed E-state index contributed by atoms with van der Waals surface area (Å²) in [4.78, 5) is 12.2. The second kappa shape index (κ2) is 6.44. The Labute approximate surface area is 125 Å². The quantitative estimate of drug-likeness (QED) is 0.771. The number of ether oxygens (including phenoxy) is 2. The Morgan fingerprint density at radius 1 is 1.05 bits per heavy atom. The molecular weight excluding hydrogens is 264 g/mol. The number of carbonyl (C=O) groups excluding carboxylic acids is 1. The van der Waals surface area contributed by atoms with Crippen molar-refractivity contribution in [1.82, 2.24) is 0 Å². The third-order valence-corrected chi connectivity index (χ3v) is 3.57. The van der Waals surface area contributed by atoms with Crippen LogP contribution in [0.1, 0.15) is 34.0 Å². The van der Waals surface area contributed by atoms with Crippen LogP contribution in [-0.2, 0) is 4.74 Å². The molecule has 21 heavy (non-hydrogen) atoms. The van der Waals surface area contributed by atoms with Crippen molar-refractivity contribution in [2.24, 2.45) is 0 Å². The Kier molecular flexibility index (Phi) is 4.63. The summed E-state index contributed by atoms with van der Waals surface area (Å²) in [6.45, 7) is 8.07. The molecule has 0 aliphatic carbocycles. The maximum atomic E-state index is 12.2. The summed E-state index contributed by atoms with van der Waals surface area (Å²) in [7, 11) is 0. The highest BCUT2D eigenvalue weighted by molar-refractivity contribution is 5.95. The average molecular weight is 284 g/mol. The standard InChI is InChI=1S/C18H20O3/c1-5-20-18(19)17-14(4)13(3)12(2)11-16(17)21-15-9-7-6-8-10-15/h6-11H,5H2,1-4H3. The SMILES string of the molecule is CCOC(=O)c1c(Oc2ccccc2)cc(C)c(C)c1C. The maximum absolute atomic E-state index is 12.2. The van der Waals surface area contributed by atoms with Gasteiger partial charge in [-0.3, -0.25) is 0 Å². The van der Waals surface area contributed by atoms with Gasteiger partial charge in [-0.2, -0.15) is 0 Å². The van der Waals surface area contributed by atoms with E-state index >= 15 is 0 Å². The smallest absolute Gasteiger partial charge is 0.342 e. The third-order valence-electron chi connectivity index (χ3n) is 3.57. The van der Waals surface area contributed by atoms with E-state index in [0.29, 0.717) is 23.7 Å². The van der Waals surface area contributed by atoms with Crippen LogP contribution in [0.5, 0.6) is 11.5 Å². The van der Waals surface area contributed by atoms with Gasteiger partial charge >= 0.3 is 5.97 Å². The van der Waals surface area contributed by atoms with Gasteiger partial charge in [0.05, 0.1) is 6.61 Å². The van der Waals surface area contributed by atoms with Crippen molar-refractivity contribution in [2.75, 3.05) is 6.61 Å². The van der Waals surface area contributed by atoms with E-state index in [1.165, 1.54) is 0 Å². The Balaban J connectivity index is 2.50. The molecular formula is C18H20O3. The molecule has 0 radical (unpaired) electrons. The number of carbonyl (C=O) groups is 1. The third kappa shape index (κ3) is 3.24. The fourth-order valence-corrected chi connectivity index (χ4v) is 2.20. The van der Waals surface area contributed by atoms with Crippen LogP contribution >= 0.6 is 0 Å². The Morgan fingerprint density at radius 3 is 2.33 bits per heavy atom. The van der Waals surface area contributed by atoms with E-state index in [-0.39, 0.29) is 5.97 Å². The number of rotatable bonds is 4. The lowest BCUT2D eigenvalue weighted by Crippen LogP contribution is -2.10. The van der Waals surface area contributed by atoms with E-state index < -0.39 is 0 Å². The van der Waals surface area contributed by atoms with Gasteiger partial charge < -0.3 is 9.47 Å². The van der Waals surface area contributed by atoms with Crippen LogP contribution in [0.3, 0.4) is 0 Å². The number of hydrogen-bond donors (Lipinski definition) is 0. The average Bonchev–Trinajstić information content (AvgIpc) is 2.46. The first kappa shape index (κ1) is 15.1. The van der Waals surface area contributed by atoms with Gasteiger partial charge in [0.25, 0.3) is 0 Å². The minimum Gasteiger partial charge on any atom is -0.462 e. The topological polar surface area (TPSA) is 35.5 Å². The van der Waals surface area contributed by atoms with Crippen LogP contribution in [0.2, 0.25) is 0 Å². The fourth-order valence-electron chi connectivity index (χ4n) is 2.20. The molecule has 0 aliphatic heterocycles. The molecule has 3 heteroatoms. The minimum absolute atomic E-state index is 0.343. The molecule has 0 saturated heterocycles. The van der Waals surface area contributed by atoms with Crippen molar-refractivity contribution in [2.45, 2.75) is 27.7 Å². The van der Waals surface area contributed by atoms with Gasteiger partial charge in [0.2, 0.25) is 0 Å². The lowest BCUT2D eigenvalue weighted by atomic mass is 9.97. The van der Waals surface area contributed by atoms with Gasteiger partial charge in [0, 0.05) is 0 Å². The summed E-state index contributed by atoms with van der Waals surface area (Å²) in [6.07, 6.45) is 0. The molecule has 0 bridgehead atoms. The summed E-state index contributed by atoms with van der Waals surface area (Å²) in [6, 6.07) is 11.3. The van der Waals surface area contributed by atoms with E-state index in [4.69, 9.17) is 9.47 Å². The summed E-state index contributed by atoms with van der Waals surface area (Å²) >= 11 is 0.